The monoisotopic (exact) mass is 438 g/mol. The lowest BCUT2D eigenvalue weighted by molar-refractivity contribution is 0.0952. The normalized spacial score (nSPS) is 12.0. The van der Waals surface area contributed by atoms with Crippen molar-refractivity contribution in [3.8, 4) is 5.75 Å². The average Bonchev–Trinajstić information content (AvgIpc) is 3.18. The number of methoxy groups -OCH3 is 1. The van der Waals surface area contributed by atoms with Gasteiger partial charge in [-0.25, -0.2) is 0 Å². The standard InChI is InChI=1S/C24H20Cl2N2O2/c1-30-16-11-9-15(10-12-16)18(19-14-27-22-8-3-2-5-17(19)22)13-28-24(29)23-20(25)6-4-7-21(23)26/h2-12,14,18,27H,13H2,1H3,(H,28,29). The van der Waals surface area contributed by atoms with E-state index in [1.54, 1.807) is 25.3 Å². The molecule has 1 unspecified atom stereocenters. The lowest BCUT2D eigenvalue weighted by Gasteiger charge is -2.19. The molecule has 0 aliphatic rings. The first kappa shape index (κ1) is 20.3. The third-order valence-corrected chi connectivity index (χ3v) is 5.80. The predicted molar refractivity (Wildman–Crippen MR) is 122 cm³/mol. The summed E-state index contributed by atoms with van der Waals surface area (Å²) in [6.07, 6.45) is 1.99. The van der Waals surface area contributed by atoms with E-state index < -0.39 is 0 Å². The Morgan fingerprint density at radius 3 is 2.40 bits per heavy atom. The molecule has 0 bridgehead atoms. The molecule has 3 aromatic carbocycles. The molecule has 4 rings (SSSR count). The van der Waals surface area contributed by atoms with E-state index in [0.29, 0.717) is 16.6 Å². The summed E-state index contributed by atoms with van der Waals surface area (Å²) in [5, 5.41) is 4.78. The Balaban J connectivity index is 1.68. The number of aromatic amines is 1. The van der Waals surface area contributed by atoms with Crippen LogP contribution in [0.2, 0.25) is 10.0 Å². The molecule has 4 aromatic rings. The number of H-pyrrole nitrogens is 1. The van der Waals surface area contributed by atoms with Crippen molar-refractivity contribution in [1.82, 2.24) is 10.3 Å². The van der Waals surface area contributed by atoms with E-state index in [2.05, 4.69) is 16.4 Å². The molecule has 0 saturated carbocycles. The van der Waals surface area contributed by atoms with E-state index >= 15 is 0 Å². The van der Waals surface area contributed by atoms with Crippen LogP contribution in [-0.4, -0.2) is 24.5 Å². The van der Waals surface area contributed by atoms with Crippen LogP contribution in [0, 0.1) is 0 Å². The first-order valence-electron chi connectivity index (χ1n) is 9.50. The van der Waals surface area contributed by atoms with Crippen molar-refractivity contribution in [2.75, 3.05) is 13.7 Å². The van der Waals surface area contributed by atoms with E-state index in [1.165, 1.54) is 0 Å². The number of aromatic nitrogens is 1. The van der Waals surface area contributed by atoms with Crippen LogP contribution < -0.4 is 10.1 Å². The fraction of sp³-hybridized carbons (Fsp3) is 0.125. The number of fused-ring (bicyclic) bond motifs is 1. The van der Waals surface area contributed by atoms with Crippen molar-refractivity contribution in [3.63, 3.8) is 0 Å². The summed E-state index contributed by atoms with van der Waals surface area (Å²) < 4.78 is 5.29. The number of halogens is 2. The summed E-state index contributed by atoms with van der Waals surface area (Å²) in [4.78, 5) is 16.2. The highest BCUT2D eigenvalue weighted by atomic mass is 35.5. The second-order valence-electron chi connectivity index (χ2n) is 6.92. The van der Waals surface area contributed by atoms with Crippen LogP contribution in [-0.2, 0) is 0 Å². The summed E-state index contributed by atoms with van der Waals surface area (Å²) in [6.45, 7) is 0.383. The highest BCUT2D eigenvalue weighted by molar-refractivity contribution is 6.39. The Morgan fingerprint density at radius 1 is 1.00 bits per heavy atom. The quantitative estimate of drug-likeness (QED) is 0.385. The maximum absolute atomic E-state index is 12.8. The van der Waals surface area contributed by atoms with Crippen molar-refractivity contribution in [2.24, 2.45) is 0 Å². The minimum atomic E-state index is -0.302. The average molecular weight is 439 g/mol. The lowest BCUT2D eigenvalue weighted by atomic mass is 9.90. The summed E-state index contributed by atoms with van der Waals surface area (Å²) in [5.74, 6) is 0.407. The van der Waals surface area contributed by atoms with Gasteiger partial charge in [-0.1, -0.05) is 59.6 Å². The van der Waals surface area contributed by atoms with E-state index in [0.717, 1.165) is 27.8 Å². The number of hydrogen-bond acceptors (Lipinski definition) is 2. The van der Waals surface area contributed by atoms with Gasteiger partial charge in [-0.05, 0) is 41.5 Å². The van der Waals surface area contributed by atoms with Crippen LogP contribution in [0.25, 0.3) is 10.9 Å². The molecule has 0 aliphatic heterocycles. The zero-order valence-electron chi connectivity index (χ0n) is 16.3. The third kappa shape index (κ3) is 4.02. The summed E-state index contributed by atoms with van der Waals surface area (Å²) in [6, 6.07) is 21.0. The minimum absolute atomic E-state index is 0.0720. The van der Waals surface area contributed by atoms with Gasteiger partial charge in [0.05, 0.1) is 22.7 Å². The highest BCUT2D eigenvalue weighted by Crippen LogP contribution is 2.32. The van der Waals surface area contributed by atoms with Crippen LogP contribution in [0.3, 0.4) is 0 Å². The molecule has 6 heteroatoms. The van der Waals surface area contributed by atoms with Gasteiger partial charge in [0.2, 0.25) is 0 Å². The minimum Gasteiger partial charge on any atom is -0.497 e. The number of rotatable bonds is 6. The maximum atomic E-state index is 12.8. The van der Waals surface area contributed by atoms with Gasteiger partial charge in [0.1, 0.15) is 5.75 Å². The summed E-state index contributed by atoms with van der Waals surface area (Å²) in [7, 11) is 1.64. The Kier molecular flexibility index (Phi) is 5.98. The molecule has 30 heavy (non-hydrogen) atoms. The topological polar surface area (TPSA) is 54.1 Å². The van der Waals surface area contributed by atoms with Gasteiger partial charge in [0.25, 0.3) is 5.91 Å². The molecular formula is C24H20Cl2N2O2. The smallest absolute Gasteiger partial charge is 0.254 e. The Bertz CT molecular complexity index is 1170. The summed E-state index contributed by atoms with van der Waals surface area (Å²) >= 11 is 12.4. The van der Waals surface area contributed by atoms with Crippen molar-refractivity contribution >= 4 is 40.0 Å². The van der Waals surface area contributed by atoms with Crippen LogP contribution in [0.4, 0.5) is 0 Å². The Morgan fingerprint density at radius 2 is 1.70 bits per heavy atom. The molecule has 0 aliphatic carbocycles. The van der Waals surface area contributed by atoms with E-state index in [9.17, 15) is 4.79 Å². The van der Waals surface area contributed by atoms with Crippen molar-refractivity contribution in [3.05, 3.63) is 99.7 Å². The molecule has 4 nitrogen and oxygen atoms in total. The first-order chi connectivity index (χ1) is 14.6. The van der Waals surface area contributed by atoms with Crippen molar-refractivity contribution in [2.45, 2.75) is 5.92 Å². The molecule has 1 aromatic heterocycles. The molecule has 2 N–H and O–H groups in total. The fourth-order valence-corrected chi connectivity index (χ4v) is 4.19. The second-order valence-corrected chi connectivity index (χ2v) is 7.74. The van der Waals surface area contributed by atoms with Crippen molar-refractivity contribution in [1.29, 1.82) is 0 Å². The van der Waals surface area contributed by atoms with Gasteiger partial charge < -0.3 is 15.0 Å². The van der Waals surface area contributed by atoms with Gasteiger partial charge in [-0.2, -0.15) is 0 Å². The number of amides is 1. The Hall–Kier alpha value is -2.95. The van der Waals surface area contributed by atoms with Crippen LogP contribution in [0.5, 0.6) is 5.75 Å². The van der Waals surface area contributed by atoms with Gasteiger partial charge >= 0.3 is 0 Å². The molecular weight excluding hydrogens is 419 g/mol. The van der Waals surface area contributed by atoms with Gasteiger partial charge in [-0.3, -0.25) is 4.79 Å². The SMILES string of the molecule is COc1ccc(C(CNC(=O)c2c(Cl)cccc2Cl)c2c[nH]c3ccccc23)cc1. The zero-order valence-corrected chi connectivity index (χ0v) is 17.8. The molecule has 0 radical (unpaired) electrons. The number of ether oxygens (including phenoxy) is 1. The summed E-state index contributed by atoms with van der Waals surface area (Å²) in [5.41, 5.74) is 3.49. The molecule has 1 amide bonds. The van der Waals surface area contributed by atoms with Crippen LogP contribution in [0.1, 0.15) is 27.4 Å². The van der Waals surface area contributed by atoms with E-state index in [-0.39, 0.29) is 17.4 Å². The van der Waals surface area contributed by atoms with Crippen LogP contribution in [0.15, 0.2) is 72.9 Å². The molecule has 1 atom stereocenters. The Labute approximate surface area is 184 Å². The van der Waals surface area contributed by atoms with Crippen LogP contribution >= 0.6 is 23.2 Å². The second kappa shape index (κ2) is 8.82. The number of para-hydroxylation sites is 1. The van der Waals surface area contributed by atoms with Gasteiger partial charge in [0, 0.05) is 29.6 Å². The number of hydrogen-bond donors (Lipinski definition) is 2. The van der Waals surface area contributed by atoms with Gasteiger partial charge in [0.15, 0.2) is 0 Å². The molecule has 0 spiro atoms. The fourth-order valence-electron chi connectivity index (χ4n) is 3.62. The largest absolute Gasteiger partial charge is 0.497 e. The molecule has 152 valence electrons. The number of carbonyl (C=O) groups is 1. The van der Waals surface area contributed by atoms with Crippen molar-refractivity contribution < 1.29 is 9.53 Å². The number of carbonyl (C=O) groups excluding carboxylic acids is 1. The maximum Gasteiger partial charge on any atom is 0.254 e. The highest BCUT2D eigenvalue weighted by Gasteiger charge is 2.21. The third-order valence-electron chi connectivity index (χ3n) is 5.17. The predicted octanol–water partition coefficient (Wildman–Crippen LogP) is 6.05. The molecule has 0 saturated heterocycles. The zero-order chi connectivity index (χ0) is 21.1. The molecule has 1 heterocycles. The number of benzene rings is 3. The first-order valence-corrected chi connectivity index (χ1v) is 10.3. The lowest BCUT2D eigenvalue weighted by Crippen LogP contribution is -2.29. The van der Waals surface area contributed by atoms with E-state index in [4.69, 9.17) is 27.9 Å². The number of nitrogens with one attached hydrogen (secondary N) is 2. The van der Waals surface area contributed by atoms with Gasteiger partial charge in [-0.15, -0.1) is 0 Å². The molecule has 0 fully saturated rings. The van der Waals surface area contributed by atoms with E-state index in [1.807, 2.05) is 48.7 Å².